The fraction of sp³-hybridized carbons (Fsp3) is 0.250. The minimum atomic E-state index is -0.962. The molecule has 1 fully saturated rings. The summed E-state index contributed by atoms with van der Waals surface area (Å²) in [6, 6.07) is 11.0. The lowest BCUT2D eigenvalue weighted by Crippen LogP contribution is -2.49. The monoisotopic (exact) mass is 576 g/mol. The van der Waals surface area contributed by atoms with Crippen LogP contribution in [0.25, 0.3) is 11.0 Å². The van der Waals surface area contributed by atoms with E-state index in [0.717, 1.165) is 16.9 Å². The Morgan fingerprint density at radius 3 is 2.52 bits per heavy atom. The van der Waals surface area contributed by atoms with Crippen LogP contribution in [0.5, 0.6) is 11.5 Å². The maximum Gasteiger partial charge on any atom is 0.282 e. The summed E-state index contributed by atoms with van der Waals surface area (Å²) in [4.78, 5) is 33.1. The van der Waals surface area contributed by atoms with Crippen molar-refractivity contribution in [3.05, 3.63) is 66.9 Å². The molecule has 0 aliphatic carbocycles. The van der Waals surface area contributed by atoms with Gasteiger partial charge in [0.1, 0.15) is 34.5 Å². The molecule has 0 radical (unpaired) electrons. The summed E-state index contributed by atoms with van der Waals surface area (Å²) in [6.45, 7) is 6.61. The van der Waals surface area contributed by atoms with Crippen molar-refractivity contribution in [2.75, 3.05) is 55.9 Å². The summed E-state index contributed by atoms with van der Waals surface area (Å²) < 4.78 is 28.8. The van der Waals surface area contributed by atoms with Crippen molar-refractivity contribution in [2.45, 2.75) is 6.92 Å². The van der Waals surface area contributed by atoms with Crippen LogP contribution in [0.15, 0.2) is 66.4 Å². The van der Waals surface area contributed by atoms with Gasteiger partial charge in [-0.3, -0.25) is 9.18 Å². The molecule has 3 heterocycles. The predicted molar refractivity (Wildman–Crippen MR) is 157 cm³/mol. The van der Waals surface area contributed by atoms with Gasteiger partial charge in [0.05, 0.1) is 19.1 Å². The van der Waals surface area contributed by atoms with E-state index in [2.05, 4.69) is 37.3 Å². The van der Waals surface area contributed by atoms with Crippen molar-refractivity contribution < 1.29 is 18.3 Å². The fourth-order valence-corrected chi connectivity index (χ4v) is 4.35. The highest BCUT2D eigenvalue weighted by atomic mass is 19.1. The van der Waals surface area contributed by atoms with E-state index in [-0.39, 0.29) is 0 Å². The number of carbonyl (C=O) groups is 1. The van der Waals surface area contributed by atoms with Crippen LogP contribution in [0.1, 0.15) is 5.56 Å². The Labute approximate surface area is 241 Å². The van der Waals surface area contributed by atoms with Crippen LogP contribution in [0.3, 0.4) is 0 Å². The van der Waals surface area contributed by atoms with E-state index in [1.54, 1.807) is 19.3 Å². The minimum Gasteiger partial charge on any atom is -0.457 e. The second-order valence-electron chi connectivity index (χ2n) is 9.06. The summed E-state index contributed by atoms with van der Waals surface area (Å²) in [6.07, 6.45) is 3.07. The van der Waals surface area contributed by atoms with Gasteiger partial charge < -0.3 is 25.2 Å². The van der Waals surface area contributed by atoms with Crippen LogP contribution in [-0.2, 0) is 4.79 Å². The van der Waals surface area contributed by atoms with Gasteiger partial charge in [0.15, 0.2) is 11.6 Å². The Hall–Kier alpha value is -5.27. The number of hydrogen-bond acceptors (Lipinski definition) is 11. The largest absolute Gasteiger partial charge is 0.457 e. The first-order valence-electron chi connectivity index (χ1n) is 12.8. The normalized spacial score (nSPS) is 12.7. The van der Waals surface area contributed by atoms with Gasteiger partial charge in [0.2, 0.25) is 5.95 Å². The van der Waals surface area contributed by atoms with Crippen LogP contribution in [0, 0.1) is 12.5 Å². The third kappa shape index (κ3) is 6.54. The van der Waals surface area contributed by atoms with Crippen LogP contribution < -0.4 is 20.3 Å². The maximum atomic E-state index is 13.2. The average Bonchev–Trinajstić information content (AvgIpc) is 3.03. The molecule has 14 heteroatoms. The lowest BCUT2D eigenvalue weighted by Gasteiger charge is -2.34. The van der Waals surface area contributed by atoms with E-state index in [1.165, 1.54) is 11.2 Å². The average molecular weight is 577 g/mol. The predicted octanol–water partition coefficient (Wildman–Crippen LogP) is 5.69. The van der Waals surface area contributed by atoms with Gasteiger partial charge in [-0.2, -0.15) is 5.11 Å². The van der Waals surface area contributed by atoms with E-state index in [0.29, 0.717) is 73.3 Å². The van der Waals surface area contributed by atoms with E-state index >= 15 is 0 Å². The van der Waals surface area contributed by atoms with Gasteiger partial charge in [0.25, 0.3) is 5.91 Å². The van der Waals surface area contributed by atoms with Crippen LogP contribution >= 0.6 is 0 Å². The third-order valence-corrected chi connectivity index (χ3v) is 6.47. The number of piperazine rings is 1. The molecule has 0 bridgehead atoms. The Morgan fingerprint density at radius 2 is 1.86 bits per heavy atom. The number of nitrogens with one attached hydrogen (secondary N) is 3. The number of ether oxygens (including phenoxy) is 1. The Balaban J connectivity index is 0.00000198. The zero-order valence-corrected chi connectivity index (χ0v) is 23.4. The van der Waals surface area contributed by atoms with Crippen molar-refractivity contribution in [1.82, 2.24) is 24.8 Å². The van der Waals surface area contributed by atoms with Crippen molar-refractivity contribution in [3.63, 3.8) is 0 Å². The lowest BCUT2D eigenvalue weighted by molar-refractivity contribution is -0.128. The van der Waals surface area contributed by atoms with Crippen molar-refractivity contribution in [3.8, 4) is 11.5 Å². The highest BCUT2D eigenvalue weighted by molar-refractivity contribution is 5.91. The van der Waals surface area contributed by atoms with Gasteiger partial charge in [-0.05, 0) is 42.8 Å². The zero-order valence-electron chi connectivity index (χ0n) is 23.4. The van der Waals surface area contributed by atoms with Gasteiger partial charge in [0, 0.05) is 45.0 Å². The molecular weight excluding hydrogens is 546 g/mol. The molecule has 3 N–H and O–H groups in total. The number of alkyl halides is 1. The highest BCUT2D eigenvalue weighted by Gasteiger charge is 2.24. The number of amides is 1. The molecular formula is C28H30F2N10O2. The molecule has 0 saturated carbocycles. The van der Waals surface area contributed by atoms with Gasteiger partial charge >= 0.3 is 0 Å². The number of anilines is 4. The minimum absolute atomic E-state index is 0.339. The molecule has 2 aromatic carbocycles. The SMILES string of the molecule is C=C(F)C(=O)N1CCN(c2ncc3ncnc(Nc4ccc(Oc5ccc(NC)c(N=N)c5)c(C)c4)c3n2)CC1.CF. The maximum absolute atomic E-state index is 13.2. The highest BCUT2D eigenvalue weighted by Crippen LogP contribution is 2.34. The number of halogens is 2. The quantitative estimate of drug-likeness (QED) is 0.178. The molecule has 4 aromatic rings. The van der Waals surface area contributed by atoms with Gasteiger partial charge in [-0.1, -0.05) is 6.58 Å². The number of rotatable bonds is 8. The molecule has 1 aliphatic rings. The topological polar surface area (TPSA) is 145 Å². The molecule has 5 rings (SSSR count). The standard InChI is InChI=1S/C27H27FN10O2.CH3F/c1-16-12-18(4-7-23(16)40-19-5-6-20(30-3)21(13-19)36-29)34-25-24-22(32-15-33-25)14-31-27(35-24)38-10-8-37(9-11-38)26(39)17(2)28;1-2/h4-7,12-15,29-30H,2,8-11H2,1,3H3,(H,32,33,34);1H3. The van der Waals surface area contributed by atoms with E-state index in [9.17, 15) is 13.6 Å². The second kappa shape index (κ2) is 13.4. The Bertz CT molecular complexity index is 1610. The number of carbonyl (C=O) groups excluding carboxylic acids is 1. The van der Waals surface area contributed by atoms with Crippen LogP contribution in [-0.4, -0.2) is 71.1 Å². The van der Waals surface area contributed by atoms with Crippen molar-refractivity contribution in [1.29, 1.82) is 5.53 Å². The third-order valence-electron chi connectivity index (χ3n) is 6.47. The first kappa shape index (κ1) is 29.7. The zero-order chi connectivity index (χ0) is 30.2. The molecule has 0 spiro atoms. The first-order chi connectivity index (χ1) is 20.4. The Morgan fingerprint density at radius 1 is 1.10 bits per heavy atom. The molecule has 0 unspecified atom stereocenters. The van der Waals surface area contributed by atoms with E-state index in [4.69, 9.17) is 15.3 Å². The number of aromatic nitrogens is 4. The molecule has 218 valence electrons. The Kier molecular flexibility index (Phi) is 9.47. The molecule has 12 nitrogen and oxygen atoms in total. The lowest BCUT2D eigenvalue weighted by atomic mass is 10.2. The molecule has 0 atom stereocenters. The molecule has 42 heavy (non-hydrogen) atoms. The molecule has 1 amide bonds. The number of aryl methyl sites for hydroxylation is 1. The second-order valence-corrected chi connectivity index (χ2v) is 9.06. The van der Waals surface area contributed by atoms with Gasteiger partial charge in [-0.15, -0.1) is 0 Å². The fourth-order valence-electron chi connectivity index (χ4n) is 4.35. The van der Waals surface area contributed by atoms with E-state index in [1.807, 2.05) is 42.2 Å². The number of benzene rings is 2. The smallest absolute Gasteiger partial charge is 0.282 e. The van der Waals surface area contributed by atoms with Crippen LogP contribution in [0.4, 0.5) is 37.6 Å². The van der Waals surface area contributed by atoms with Crippen molar-refractivity contribution in [2.24, 2.45) is 5.11 Å². The number of hydrogen-bond donors (Lipinski definition) is 3. The summed E-state index contributed by atoms with van der Waals surface area (Å²) in [5.74, 6) is 0.554. The summed E-state index contributed by atoms with van der Waals surface area (Å²) in [5.41, 5.74) is 11.4. The number of nitrogens with zero attached hydrogens (tertiary/aromatic N) is 7. The number of fused-ring (bicyclic) bond motifs is 1. The molecule has 1 saturated heterocycles. The first-order valence-corrected chi connectivity index (χ1v) is 12.8. The van der Waals surface area contributed by atoms with Gasteiger partial charge in [-0.25, -0.2) is 29.9 Å². The molecule has 1 aliphatic heterocycles. The van der Waals surface area contributed by atoms with Crippen molar-refractivity contribution >= 4 is 45.8 Å². The molecule has 2 aromatic heterocycles. The summed E-state index contributed by atoms with van der Waals surface area (Å²) >= 11 is 0. The summed E-state index contributed by atoms with van der Waals surface area (Å²) in [7, 11) is 2.27. The van der Waals surface area contributed by atoms with E-state index < -0.39 is 11.7 Å². The summed E-state index contributed by atoms with van der Waals surface area (Å²) in [5, 5.41) is 9.85. The van der Waals surface area contributed by atoms with Crippen LogP contribution in [0.2, 0.25) is 0 Å².